The Hall–Kier alpha value is -0.870. The highest BCUT2D eigenvalue weighted by molar-refractivity contribution is 9.10. The van der Waals surface area contributed by atoms with E-state index in [4.69, 9.17) is 10.7 Å². The van der Waals surface area contributed by atoms with Gasteiger partial charge in [0.05, 0.1) is 4.47 Å². The smallest absolute Gasteiger partial charge is 0.358 e. The summed E-state index contributed by atoms with van der Waals surface area (Å²) in [6.07, 6.45) is -3.16. The Bertz CT molecular complexity index is 580. The van der Waals surface area contributed by atoms with Crippen LogP contribution in [-0.2, 0) is 9.05 Å². The summed E-state index contributed by atoms with van der Waals surface area (Å²) in [5.41, 5.74) is -0.994. The van der Waals surface area contributed by atoms with Gasteiger partial charge in [-0.15, -0.1) is 0 Å². The maximum absolute atomic E-state index is 12.4. The van der Waals surface area contributed by atoms with Crippen molar-refractivity contribution in [2.75, 3.05) is 0 Å². The number of hydrogen-bond donors (Lipinski definition) is 0. The van der Waals surface area contributed by atoms with E-state index in [2.05, 4.69) is 20.9 Å². The number of rotatable bonds is 3. The first kappa shape index (κ1) is 14.2. The van der Waals surface area contributed by atoms with Crippen LogP contribution in [0.15, 0.2) is 15.6 Å². The molecule has 0 bridgehead atoms. The van der Waals surface area contributed by atoms with E-state index in [1.807, 2.05) is 0 Å². The van der Waals surface area contributed by atoms with Crippen molar-refractivity contribution >= 4 is 41.5 Å². The Morgan fingerprint density at radius 3 is 2.41 bits per heavy atom. The lowest BCUT2D eigenvalue weighted by Crippen LogP contribution is -2.05. The quantitative estimate of drug-likeness (QED) is 0.474. The van der Waals surface area contributed by atoms with E-state index in [-0.39, 0.29) is 4.47 Å². The second-order valence-electron chi connectivity index (χ2n) is 2.68. The summed E-state index contributed by atoms with van der Waals surface area (Å²) in [6, 6.07) is 0.602. The molecular formula is C6H2BrClF2N2O4S. The summed E-state index contributed by atoms with van der Waals surface area (Å²) in [5.74, 6) is -1.25. The highest BCUT2D eigenvalue weighted by Gasteiger charge is 2.31. The highest BCUT2D eigenvalue weighted by atomic mass is 79.9. The molecular weight excluding hydrogens is 349 g/mol. The predicted octanol–water partition coefficient (Wildman–Crippen LogP) is 2.62. The van der Waals surface area contributed by atoms with Crippen LogP contribution < -0.4 is 0 Å². The van der Waals surface area contributed by atoms with Crippen molar-refractivity contribution in [3.63, 3.8) is 0 Å². The van der Waals surface area contributed by atoms with Crippen molar-refractivity contribution in [2.45, 2.75) is 11.5 Å². The number of nitrogens with zero attached hydrogens (tertiary/aromatic N) is 2. The van der Waals surface area contributed by atoms with Gasteiger partial charge in [0, 0.05) is 10.7 Å². The SMILES string of the molecule is O=[N+]([O-])c1nc(S(=O)(=O)Cl)c(Br)cc1C(F)F. The minimum atomic E-state index is -4.37. The Morgan fingerprint density at radius 2 is 2.06 bits per heavy atom. The molecule has 0 fully saturated rings. The molecule has 0 atom stereocenters. The van der Waals surface area contributed by atoms with Crippen LogP contribution in [0.2, 0.25) is 0 Å². The van der Waals surface area contributed by atoms with Gasteiger partial charge in [-0.2, -0.15) is 0 Å². The summed E-state index contributed by atoms with van der Waals surface area (Å²) < 4.78 is 46.5. The summed E-state index contributed by atoms with van der Waals surface area (Å²) >= 11 is 2.65. The van der Waals surface area contributed by atoms with Crippen LogP contribution in [0.25, 0.3) is 0 Å². The number of aromatic nitrogens is 1. The Balaban J connectivity index is 3.63. The molecule has 0 saturated heterocycles. The fraction of sp³-hybridized carbons (Fsp3) is 0.167. The van der Waals surface area contributed by atoms with Crippen LogP contribution in [0.5, 0.6) is 0 Å². The summed E-state index contributed by atoms with van der Waals surface area (Å²) in [5, 5.41) is 9.59. The summed E-state index contributed by atoms with van der Waals surface area (Å²) in [4.78, 5) is 12.3. The maximum Gasteiger partial charge on any atom is 0.373 e. The van der Waals surface area contributed by atoms with Crippen molar-refractivity contribution < 1.29 is 22.1 Å². The average molecular weight is 352 g/mol. The van der Waals surface area contributed by atoms with E-state index in [9.17, 15) is 27.3 Å². The molecule has 0 radical (unpaired) electrons. The van der Waals surface area contributed by atoms with Gasteiger partial charge in [0.25, 0.3) is 11.5 Å². The zero-order chi connectivity index (χ0) is 13.4. The van der Waals surface area contributed by atoms with Crippen molar-refractivity contribution in [3.05, 3.63) is 26.2 Å². The molecule has 0 aromatic carbocycles. The van der Waals surface area contributed by atoms with Crippen LogP contribution in [0.4, 0.5) is 14.6 Å². The van der Waals surface area contributed by atoms with Crippen molar-refractivity contribution in [2.24, 2.45) is 0 Å². The topological polar surface area (TPSA) is 90.2 Å². The van der Waals surface area contributed by atoms with E-state index >= 15 is 0 Å². The molecule has 1 aromatic rings. The Morgan fingerprint density at radius 1 is 1.53 bits per heavy atom. The normalized spacial score (nSPS) is 11.8. The van der Waals surface area contributed by atoms with Gasteiger partial charge in [0.15, 0.2) is 0 Å². The molecule has 0 aliphatic carbocycles. The molecule has 0 aliphatic rings. The second kappa shape index (κ2) is 4.78. The standard InChI is InChI=1S/C6H2BrClF2N2O4S/c7-3-1-2(4(9)10)5(12(13)14)11-6(3)17(8,15)16/h1,4H. The molecule has 17 heavy (non-hydrogen) atoms. The molecule has 0 amide bonds. The molecule has 6 nitrogen and oxygen atoms in total. The fourth-order valence-corrected chi connectivity index (χ4v) is 3.05. The van der Waals surface area contributed by atoms with Crippen LogP contribution in [-0.4, -0.2) is 18.3 Å². The lowest BCUT2D eigenvalue weighted by atomic mass is 10.3. The van der Waals surface area contributed by atoms with Crippen molar-refractivity contribution in [3.8, 4) is 0 Å². The van der Waals surface area contributed by atoms with Gasteiger partial charge < -0.3 is 10.1 Å². The Labute approximate surface area is 106 Å². The van der Waals surface area contributed by atoms with E-state index in [1.54, 1.807) is 0 Å². The lowest BCUT2D eigenvalue weighted by Gasteiger charge is -2.03. The first-order chi connectivity index (χ1) is 7.64. The van der Waals surface area contributed by atoms with E-state index in [1.165, 1.54) is 0 Å². The minimum Gasteiger partial charge on any atom is -0.358 e. The van der Waals surface area contributed by atoms with Crippen LogP contribution in [0.3, 0.4) is 0 Å². The molecule has 0 N–H and O–H groups in total. The van der Waals surface area contributed by atoms with Gasteiger partial charge in [-0.1, -0.05) is 0 Å². The Kier molecular flexibility index (Phi) is 3.99. The molecule has 0 spiro atoms. The third-order valence-corrected chi connectivity index (χ3v) is 3.67. The molecule has 0 saturated carbocycles. The fourth-order valence-electron chi connectivity index (χ4n) is 0.955. The number of pyridine rings is 1. The molecule has 0 aliphatic heterocycles. The number of halogens is 4. The van der Waals surface area contributed by atoms with Gasteiger partial charge in [-0.3, -0.25) is 0 Å². The average Bonchev–Trinajstić information content (AvgIpc) is 2.14. The lowest BCUT2D eigenvalue weighted by molar-refractivity contribution is -0.391. The van der Waals surface area contributed by atoms with E-state index in [0.717, 1.165) is 0 Å². The molecule has 1 heterocycles. The maximum atomic E-state index is 12.4. The van der Waals surface area contributed by atoms with Gasteiger partial charge in [0.1, 0.15) is 5.56 Å². The third-order valence-electron chi connectivity index (χ3n) is 1.59. The number of nitro groups is 1. The minimum absolute atomic E-state index is 0.367. The van der Waals surface area contributed by atoms with Gasteiger partial charge in [0.2, 0.25) is 0 Å². The molecule has 1 aromatic heterocycles. The van der Waals surface area contributed by atoms with Gasteiger partial charge >= 0.3 is 14.9 Å². The largest absolute Gasteiger partial charge is 0.373 e. The molecule has 94 valence electrons. The van der Waals surface area contributed by atoms with Gasteiger partial charge in [-0.25, -0.2) is 17.2 Å². The van der Waals surface area contributed by atoms with Crippen LogP contribution >= 0.6 is 26.6 Å². The van der Waals surface area contributed by atoms with Crippen molar-refractivity contribution in [1.82, 2.24) is 4.98 Å². The number of hydrogen-bond acceptors (Lipinski definition) is 5. The predicted molar refractivity (Wildman–Crippen MR) is 56.6 cm³/mol. The highest BCUT2D eigenvalue weighted by Crippen LogP contribution is 2.33. The molecule has 1 rings (SSSR count). The monoisotopic (exact) mass is 350 g/mol. The van der Waals surface area contributed by atoms with Crippen LogP contribution in [0, 0.1) is 10.1 Å². The third kappa shape index (κ3) is 3.07. The van der Waals surface area contributed by atoms with Crippen molar-refractivity contribution in [1.29, 1.82) is 0 Å². The zero-order valence-electron chi connectivity index (χ0n) is 7.60. The first-order valence-corrected chi connectivity index (χ1v) is 6.82. The first-order valence-electron chi connectivity index (χ1n) is 3.72. The summed E-state index contributed by atoms with van der Waals surface area (Å²) in [6.45, 7) is 0. The van der Waals surface area contributed by atoms with E-state index < -0.39 is 36.8 Å². The second-order valence-corrected chi connectivity index (χ2v) is 6.02. The van der Waals surface area contributed by atoms with Gasteiger partial charge in [-0.05, 0) is 31.9 Å². The molecule has 0 unspecified atom stereocenters. The zero-order valence-corrected chi connectivity index (χ0v) is 10.8. The van der Waals surface area contributed by atoms with E-state index in [0.29, 0.717) is 6.07 Å². The number of alkyl halides is 2. The molecule has 11 heteroatoms. The summed E-state index contributed by atoms with van der Waals surface area (Å²) in [7, 11) is 0.575. The van der Waals surface area contributed by atoms with Crippen LogP contribution in [0.1, 0.15) is 12.0 Å².